The molecule has 0 fully saturated rings. The van der Waals surface area contributed by atoms with E-state index in [-0.39, 0.29) is 5.92 Å². The molecule has 0 heterocycles. The van der Waals surface area contributed by atoms with Gasteiger partial charge in [0.1, 0.15) is 5.78 Å². The first-order valence-electron chi connectivity index (χ1n) is 3.66. The van der Waals surface area contributed by atoms with Gasteiger partial charge < -0.3 is 0 Å². The molecule has 0 saturated carbocycles. The number of carbonyl (C=O) groups excluding carboxylic acids is 1. The average molecular weight is 134 g/mol. The molecule has 2 rings (SSSR count). The van der Waals surface area contributed by atoms with E-state index in [0.29, 0.717) is 17.6 Å². The summed E-state index contributed by atoms with van der Waals surface area (Å²) in [6.07, 6.45) is 8.54. The van der Waals surface area contributed by atoms with Crippen LogP contribution in [0.5, 0.6) is 0 Å². The smallest absolute Gasteiger partial charge is 0.134 e. The molecule has 0 amide bonds. The third-order valence-corrected chi connectivity index (χ3v) is 2.41. The quantitative estimate of drug-likeness (QED) is 0.497. The maximum Gasteiger partial charge on any atom is 0.134 e. The topological polar surface area (TPSA) is 17.1 Å². The van der Waals surface area contributed by atoms with Crippen LogP contribution in [-0.4, -0.2) is 5.78 Å². The van der Waals surface area contributed by atoms with Gasteiger partial charge in [-0.2, -0.15) is 0 Å². The van der Waals surface area contributed by atoms with Crippen LogP contribution in [0.15, 0.2) is 24.3 Å². The number of hydrogen-bond donors (Lipinski definition) is 0. The highest BCUT2D eigenvalue weighted by Gasteiger charge is 2.35. The summed E-state index contributed by atoms with van der Waals surface area (Å²) in [5, 5.41) is 0. The number of Topliss-reactive ketones (excluding diaryl/α,β-unsaturated/α-hetero) is 1. The number of rotatable bonds is 1. The van der Waals surface area contributed by atoms with Gasteiger partial charge in [0.2, 0.25) is 0 Å². The minimum Gasteiger partial charge on any atom is -0.300 e. The largest absolute Gasteiger partial charge is 0.300 e. The van der Waals surface area contributed by atoms with E-state index >= 15 is 0 Å². The molecule has 0 saturated heterocycles. The Bertz CT molecular complexity index is 195. The summed E-state index contributed by atoms with van der Waals surface area (Å²) in [7, 11) is 0. The van der Waals surface area contributed by atoms with Crippen molar-refractivity contribution in [3.05, 3.63) is 24.3 Å². The van der Waals surface area contributed by atoms with E-state index in [4.69, 9.17) is 0 Å². The number of carbonyl (C=O) groups is 1. The Morgan fingerprint density at radius 2 is 1.50 bits per heavy atom. The number of hydrogen-bond acceptors (Lipinski definition) is 1. The van der Waals surface area contributed by atoms with Crippen LogP contribution >= 0.6 is 0 Å². The molecule has 0 N–H and O–H groups in total. The maximum absolute atomic E-state index is 11.0. The summed E-state index contributed by atoms with van der Waals surface area (Å²) >= 11 is 0. The van der Waals surface area contributed by atoms with Crippen molar-refractivity contribution in [3.63, 3.8) is 0 Å². The molecule has 0 aromatic heterocycles. The molecule has 0 unspecified atom stereocenters. The molecule has 0 aromatic rings. The zero-order valence-electron chi connectivity index (χ0n) is 5.95. The van der Waals surface area contributed by atoms with Crippen molar-refractivity contribution in [2.45, 2.75) is 6.92 Å². The monoisotopic (exact) mass is 134 g/mol. The molecule has 2 bridgehead atoms. The van der Waals surface area contributed by atoms with Gasteiger partial charge in [-0.1, -0.05) is 24.3 Å². The average Bonchev–Trinajstić information content (AvgIpc) is 2.43. The van der Waals surface area contributed by atoms with Crippen LogP contribution in [0.1, 0.15) is 6.92 Å². The summed E-state index contributed by atoms with van der Waals surface area (Å²) < 4.78 is 0. The van der Waals surface area contributed by atoms with Crippen LogP contribution in [0.3, 0.4) is 0 Å². The highest BCUT2D eigenvalue weighted by Crippen LogP contribution is 2.38. The van der Waals surface area contributed by atoms with Gasteiger partial charge in [0.25, 0.3) is 0 Å². The molecule has 10 heavy (non-hydrogen) atoms. The molecule has 0 aromatic carbocycles. The first kappa shape index (κ1) is 5.90. The molecule has 52 valence electrons. The SMILES string of the molecule is CC(=O)C1C2C=CC1C=C2. The van der Waals surface area contributed by atoms with Gasteiger partial charge in [-0.05, 0) is 6.92 Å². The standard InChI is InChI=1S/C9H10O/c1-6(10)9-7-2-3-8(9)5-4-7/h2-5,7-9H,1H3. The fraction of sp³-hybridized carbons (Fsp3) is 0.444. The lowest BCUT2D eigenvalue weighted by Gasteiger charge is -2.10. The third-order valence-electron chi connectivity index (χ3n) is 2.41. The second-order valence-corrected chi connectivity index (χ2v) is 3.06. The van der Waals surface area contributed by atoms with Crippen LogP contribution in [0.25, 0.3) is 0 Å². The first-order chi connectivity index (χ1) is 4.79. The Hall–Kier alpha value is -0.850. The lowest BCUT2D eigenvalue weighted by molar-refractivity contribution is -0.121. The van der Waals surface area contributed by atoms with Crippen molar-refractivity contribution in [3.8, 4) is 0 Å². The van der Waals surface area contributed by atoms with Crippen molar-refractivity contribution in [1.29, 1.82) is 0 Å². The van der Waals surface area contributed by atoms with Crippen molar-refractivity contribution >= 4 is 5.78 Å². The molecule has 1 heteroatoms. The molecule has 0 spiro atoms. The summed E-state index contributed by atoms with van der Waals surface area (Å²) in [6, 6.07) is 0. The van der Waals surface area contributed by atoms with E-state index in [0.717, 1.165) is 0 Å². The lowest BCUT2D eigenvalue weighted by atomic mass is 9.92. The van der Waals surface area contributed by atoms with Crippen LogP contribution in [0.2, 0.25) is 0 Å². The van der Waals surface area contributed by atoms with E-state index < -0.39 is 0 Å². The highest BCUT2D eigenvalue weighted by atomic mass is 16.1. The Kier molecular flexibility index (Phi) is 1.07. The Labute approximate surface area is 60.4 Å². The normalized spacial score (nSPS) is 41.1. The fourth-order valence-electron chi connectivity index (χ4n) is 1.92. The van der Waals surface area contributed by atoms with E-state index in [1.165, 1.54) is 0 Å². The minimum absolute atomic E-state index is 0.250. The molecular weight excluding hydrogens is 124 g/mol. The van der Waals surface area contributed by atoms with Crippen LogP contribution in [0, 0.1) is 17.8 Å². The van der Waals surface area contributed by atoms with E-state index in [1.54, 1.807) is 6.92 Å². The van der Waals surface area contributed by atoms with Crippen molar-refractivity contribution < 1.29 is 4.79 Å². The summed E-state index contributed by atoms with van der Waals surface area (Å²) in [5.41, 5.74) is 0. The second-order valence-electron chi connectivity index (χ2n) is 3.06. The van der Waals surface area contributed by atoms with Crippen LogP contribution < -0.4 is 0 Å². The van der Waals surface area contributed by atoms with Gasteiger partial charge in [0.15, 0.2) is 0 Å². The molecule has 1 nitrogen and oxygen atoms in total. The van der Waals surface area contributed by atoms with E-state index in [2.05, 4.69) is 24.3 Å². The van der Waals surface area contributed by atoms with Gasteiger partial charge in [-0.25, -0.2) is 0 Å². The van der Waals surface area contributed by atoms with Gasteiger partial charge >= 0.3 is 0 Å². The predicted octanol–water partition coefficient (Wildman–Crippen LogP) is 1.56. The van der Waals surface area contributed by atoms with Crippen molar-refractivity contribution in [2.24, 2.45) is 17.8 Å². The maximum atomic E-state index is 11.0. The fourth-order valence-corrected chi connectivity index (χ4v) is 1.92. The van der Waals surface area contributed by atoms with Crippen molar-refractivity contribution in [2.75, 3.05) is 0 Å². The van der Waals surface area contributed by atoms with Gasteiger partial charge in [0.05, 0.1) is 0 Å². The Balaban J connectivity index is 2.26. The summed E-state index contributed by atoms with van der Waals surface area (Å²) in [4.78, 5) is 11.0. The third kappa shape index (κ3) is 0.605. The second kappa shape index (κ2) is 1.82. The molecular formula is C9H10O. The Morgan fingerprint density at radius 3 is 1.70 bits per heavy atom. The van der Waals surface area contributed by atoms with Crippen LogP contribution in [0.4, 0.5) is 0 Å². The van der Waals surface area contributed by atoms with Gasteiger partial charge in [0, 0.05) is 17.8 Å². The zero-order chi connectivity index (χ0) is 7.14. The van der Waals surface area contributed by atoms with Crippen LogP contribution in [-0.2, 0) is 4.79 Å². The van der Waals surface area contributed by atoms with Crippen molar-refractivity contribution in [1.82, 2.24) is 0 Å². The van der Waals surface area contributed by atoms with Gasteiger partial charge in [-0.3, -0.25) is 4.79 Å². The predicted molar refractivity (Wildman–Crippen MR) is 39.4 cm³/mol. The summed E-state index contributed by atoms with van der Waals surface area (Å²) in [6.45, 7) is 1.69. The number of allylic oxidation sites excluding steroid dienone is 4. The zero-order valence-corrected chi connectivity index (χ0v) is 5.95. The van der Waals surface area contributed by atoms with E-state index in [1.807, 2.05) is 0 Å². The number of ketones is 1. The number of fused-ring (bicyclic) bond motifs is 2. The van der Waals surface area contributed by atoms with Gasteiger partial charge in [-0.15, -0.1) is 0 Å². The highest BCUT2D eigenvalue weighted by molar-refractivity contribution is 5.81. The first-order valence-corrected chi connectivity index (χ1v) is 3.66. The lowest BCUT2D eigenvalue weighted by Crippen LogP contribution is -2.16. The molecule has 0 aliphatic heterocycles. The summed E-state index contributed by atoms with van der Waals surface area (Å²) in [5.74, 6) is 1.41. The molecule has 0 atom stereocenters. The molecule has 2 aliphatic rings. The van der Waals surface area contributed by atoms with E-state index in [9.17, 15) is 4.79 Å². The molecule has 2 aliphatic carbocycles. The minimum atomic E-state index is 0.250. The Morgan fingerprint density at radius 1 is 1.10 bits per heavy atom. The molecule has 0 radical (unpaired) electrons.